The van der Waals surface area contributed by atoms with Crippen LogP contribution >= 0.6 is 0 Å². The van der Waals surface area contributed by atoms with Crippen molar-refractivity contribution in [2.45, 2.75) is 13.8 Å². The van der Waals surface area contributed by atoms with Crippen molar-refractivity contribution < 1.29 is 13.7 Å². The average Bonchev–Trinajstić information content (AvgIpc) is 3.12. The Kier molecular flexibility index (Phi) is 5.11. The van der Waals surface area contributed by atoms with Crippen LogP contribution in [0, 0.1) is 19.7 Å². The molecule has 0 aliphatic carbocycles. The third kappa shape index (κ3) is 4.18. The maximum Gasteiger partial charge on any atom is 0.272 e. The van der Waals surface area contributed by atoms with Crippen LogP contribution in [0.25, 0.3) is 0 Å². The summed E-state index contributed by atoms with van der Waals surface area (Å²) in [6.45, 7) is 5.67. The van der Waals surface area contributed by atoms with E-state index < -0.39 is 0 Å². The summed E-state index contributed by atoms with van der Waals surface area (Å²) in [5.41, 5.74) is 1.53. The van der Waals surface area contributed by atoms with Crippen LogP contribution in [0.15, 0.2) is 40.9 Å². The molecule has 1 amide bonds. The maximum absolute atomic E-state index is 14.0. The Morgan fingerprint density at radius 3 is 2.55 bits per heavy atom. The summed E-state index contributed by atoms with van der Waals surface area (Å²) in [5, 5.41) is 6.80. The number of nitrogens with zero attached hydrogens (tertiary/aromatic N) is 5. The van der Waals surface area contributed by atoms with Crippen LogP contribution in [0.4, 0.5) is 21.8 Å². The van der Waals surface area contributed by atoms with Crippen molar-refractivity contribution in [3.8, 4) is 0 Å². The van der Waals surface area contributed by atoms with Gasteiger partial charge >= 0.3 is 0 Å². The van der Waals surface area contributed by atoms with E-state index in [2.05, 4.69) is 20.4 Å². The number of amides is 1. The van der Waals surface area contributed by atoms with Crippen LogP contribution in [0.3, 0.4) is 0 Å². The second-order valence-corrected chi connectivity index (χ2v) is 6.90. The van der Waals surface area contributed by atoms with Crippen LogP contribution in [-0.4, -0.2) is 52.1 Å². The number of aromatic nitrogens is 3. The molecule has 150 valence electrons. The quantitative estimate of drug-likeness (QED) is 0.725. The molecular weight excluding hydrogens is 375 g/mol. The van der Waals surface area contributed by atoms with Crippen molar-refractivity contribution in [2.24, 2.45) is 0 Å². The Bertz CT molecular complexity index is 1030. The van der Waals surface area contributed by atoms with Gasteiger partial charge in [0, 0.05) is 37.9 Å². The molecule has 3 heterocycles. The van der Waals surface area contributed by atoms with Gasteiger partial charge in [0.1, 0.15) is 17.3 Å². The van der Waals surface area contributed by atoms with Gasteiger partial charge in [0.05, 0.1) is 5.69 Å². The molecule has 1 aliphatic rings. The molecule has 4 rings (SSSR count). The highest BCUT2D eigenvalue weighted by molar-refractivity contribution is 5.93. The molecule has 9 heteroatoms. The van der Waals surface area contributed by atoms with Gasteiger partial charge in [0.25, 0.3) is 5.91 Å². The third-order valence-electron chi connectivity index (χ3n) is 4.70. The number of hydrogen-bond acceptors (Lipinski definition) is 7. The molecule has 1 aliphatic heterocycles. The first kappa shape index (κ1) is 18.9. The largest absolute Gasteiger partial charge is 0.366 e. The number of rotatable bonds is 4. The van der Waals surface area contributed by atoms with Crippen molar-refractivity contribution in [3.63, 3.8) is 0 Å². The number of carbonyl (C=O) groups excluding carboxylic acids is 1. The lowest BCUT2D eigenvalue weighted by molar-refractivity contribution is 0.0740. The molecule has 0 bridgehead atoms. The van der Waals surface area contributed by atoms with Gasteiger partial charge in [0.15, 0.2) is 5.82 Å². The van der Waals surface area contributed by atoms with Crippen molar-refractivity contribution in [1.82, 2.24) is 20.0 Å². The number of piperazine rings is 1. The number of carbonyl (C=O) groups is 1. The molecule has 1 saturated heterocycles. The van der Waals surface area contributed by atoms with E-state index in [0.29, 0.717) is 54.8 Å². The fraction of sp³-hybridized carbons (Fsp3) is 0.300. The Morgan fingerprint density at radius 1 is 1.10 bits per heavy atom. The number of hydrogen-bond donors (Lipinski definition) is 1. The molecule has 8 nitrogen and oxygen atoms in total. The summed E-state index contributed by atoms with van der Waals surface area (Å²) in [6.07, 6.45) is 0. The normalized spacial score (nSPS) is 14.2. The number of halogens is 1. The topological polar surface area (TPSA) is 87.4 Å². The van der Waals surface area contributed by atoms with E-state index in [9.17, 15) is 9.18 Å². The summed E-state index contributed by atoms with van der Waals surface area (Å²) in [4.78, 5) is 25.3. The van der Waals surface area contributed by atoms with E-state index in [1.807, 2.05) is 11.0 Å². The standard InChI is InChI=1S/C20H21FN6O2/c1-13-11-16(23-20(22-13)24-18-12-14(2)29-25-18)19(28)27-9-7-26(8-10-27)17-6-4-3-5-15(17)21/h3-6,11-12H,7-10H2,1-2H3,(H,22,23,24,25). The Balaban J connectivity index is 1.45. The van der Waals surface area contributed by atoms with E-state index in [1.54, 1.807) is 43.0 Å². The van der Waals surface area contributed by atoms with Crippen LogP contribution in [0.5, 0.6) is 0 Å². The van der Waals surface area contributed by atoms with Gasteiger partial charge in [-0.3, -0.25) is 4.79 Å². The van der Waals surface area contributed by atoms with E-state index >= 15 is 0 Å². The molecular formula is C20H21FN6O2. The highest BCUT2D eigenvalue weighted by atomic mass is 19.1. The first-order valence-electron chi connectivity index (χ1n) is 9.34. The summed E-state index contributed by atoms with van der Waals surface area (Å²) in [7, 11) is 0. The molecule has 0 radical (unpaired) electrons. The number of anilines is 3. The number of para-hydroxylation sites is 1. The Hall–Kier alpha value is -3.49. The summed E-state index contributed by atoms with van der Waals surface area (Å²) < 4.78 is 19.0. The molecule has 2 aromatic heterocycles. The number of aryl methyl sites for hydroxylation is 2. The van der Waals surface area contributed by atoms with Gasteiger partial charge in [-0.15, -0.1) is 0 Å². The van der Waals surface area contributed by atoms with Gasteiger partial charge in [-0.25, -0.2) is 14.4 Å². The highest BCUT2D eigenvalue weighted by Crippen LogP contribution is 2.21. The molecule has 0 spiro atoms. The van der Waals surface area contributed by atoms with E-state index in [1.165, 1.54) is 6.07 Å². The molecule has 1 fully saturated rings. The van der Waals surface area contributed by atoms with Crippen LogP contribution < -0.4 is 10.2 Å². The average molecular weight is 396 g/mol. The molecule has 3 aromatic rings. The smallest absolute Gasteiger partial charge is 0.272 e. The SMILES string of the molecule is Cc1cc(C(=O)N2CCN(c3ccccc3F)CC2)nc(Nc2cc(C)on2)n1. The maximum atomic E-state index is 14.0. The van der Waals surface area contributed by atoms with Crippen LogP contribution in [0.1, 0.15) is 21.9 Å². The predicted octanol–water partition coefficient (Wildman–Crippen LogP) is 2.93. The van der Waals surface area contributed by atoms with E-state index in [-0.39, 0.29) is 17.7 Å². The van der Waals surface area contributed by atoms with Crippen LogP contribution in [-0.2, 0) is 0 Å². The molecule has 1 aromatic carbocycles. The second-order valence-electron chi connectivity index (χ2n) is 6.90. The predicted molar refractivity (Wildman–Crippen MR) is 106 cm³/mol. The van der Waals surface area contributed by atoms with Gasteiger partial charge in [-0.05, 0) is 32.0 Å². The number of benzene rings is 1. The lowest BCUT2D eigenvalue weighted by Gasteiger charge is -2.36. The first-order valence-corrected chi connectivity index (χ1v) is 9.34. The lowest BCUT2D eigenvalue weighted by Crippen LogP contribution is -2.49. The summed E-state index contributed by atoms with van der Waals surface area (Å²) in [6, 6.07) is 10.1. The molecule has 1 N–H and O–H groups in total. The Morgan fingerprint density at radius 2 is 1.86 bits per heavy atom. The first-order chi connectivity index (χ1) is 14.0. The molecule has 29 heavy (non-hydrogen) atoms. The lowest BCUT2D eigenvalue weighted by atomic mass is 10.2. The van der Waals surface area contributed by atoms with Gasteiger partial charge in [-0.1, -0.05) is 17.3 Å². The van der Waals surface area contributed by atoms with Crippen molar-refractivity contribution in [3.05, 3.63) is 59.4 Å². The fourth-order valence-corrected chi connectivity index (χ4v) is 3.29. The third-order valence-corrected chi connectivity index (χ3v) is 4.70. The zero-order chi connectivity index (χ0) is 20.4. The Labute approximate surface area is 167 Å². The minimum absolute atomic E-state index is 0.178. The fourth-order valence-electron chi connectivity index (χ4n) is 3.29. The van der Waals surface area contributed by atoms with Crippen LogP contribution in [0.2, 0.25) is 0 Å². The van der Waals surface area contributed by atoms with Gasteiger partial charge in [0.2, 0.25) is 5.95 Å². The minimum Gasteiger partial charge on any atom is -0.366 e. The van der Waals surface area contributed by atoms with E-state index in [0.717, 1.165) is 0 Å². The second kappa shape index (κ2) is 7.86. The van der Waals surface area contributed by atoms with Gasteiger partial charge < -0.3 is 19.6 Å². The highest BCUT2D eigenvalue weighted by Gasteiger charge is 2.25. The van der Waals surface area contributed by atoms with Crippen molar-refractivity contribution in [2.75, 3.05) is 36.4 Å². The van der Waals surface area contributed by atoms with Crippen molar-refractivity contribution >= 4 is 23.4 Å². The monoisotopic (exact) mass is 396 g/mol. The van der Waals surface area contributed by atoms with Gasteiger partial charge in [-0.2, -0.15) is 0 Å². The zero-order valence-electron chi connectivity index (χ0n) is 16.2. The summed E-state index contributed by atoms with van der Waals surface area (Å²) >= 11 is 0. The number of nitrogens with one attached hydrogen (secondary N) is 1. The van der Waals surface area contributed by atoms with E-state index in [4.69, 9.17) is 4.52 Å². The van der Waals surface area contributed by atoms with Crippen molar-refractivity contribution in [1.29, 1.82) is 0 Å². The zero-order valence-corrected chi connectivity index (χ0v) is 16.2. The molecule has 0 unspecified atom stereocenters. The molecule has 0 saturated carbocycles. The molecule has 0 atom stereocenters. The summed E-state index contributed by atoms with van der Waals surface area (Å²) in [5.74, 6) is 0.987. The minimum atomic E-state index is -0.252.